The molecule has 0 unspecified atom stereocenters. The number of carbonyl (C=O) groups excluding carboxylic acids is 1. The highest BCUT2D eigenvalue weighted by Crippen LogP contribution is 2.41. The Morgan fingerprint density at radius 3 is 2.63 bits per heavy atom. The van der Waals surface area contributed by atoms with Gasteiger partial charge in [0.25, 0.3) is 5.56 Å². The van der Waals surface area contributed by atoms with Crippen molar-refractivity contribution in [2.45, 2.75) is 45.6 Å². The molecular weight excluding hydrogens is 380 g/mol. The summed E-state index contributed by atoms with van der Waals surface area (Å²) in [5.74, 6) is 1.24. The van der Waals surface area contributed by atoms with Crippen molar-refractivity contribution in [2.75, 3.05) is 7.11 Å². The maximum atomic E-state index is 12.7. The fourth-order valence-electron chi connectivity index (χ4n) is 4.25. The first-order valence-corrected chi connectivity index (χ1v) is 10.4. The number of fused-ring (bicyclic) bond motifs is 1. The molecular formula is C23H28N4O3. The second kappa shape index (κ2) is 7.97. The van der Waals surface area contributed by atoms with E-state index in [0.717, 1.165) is 46.4 Å². The van der Waals surface area contributed by atoms with Crippen LogP contribution in [0.4, 0.5) is 0 Å². The SMILES string of the molecule is COc1ccc([C@@H](NC(=O)CCc2c(C)c3c(C)nn(C)c3[nH]c2=O)C2CC2)cc1. The minimum absolute atomic E-state index is 0.00540. The first-order valence-electron chi connectivity index (χ1n) is 10.4. The molecule has 7 heteroatoms. The number of aryl methyl sites for hydroxylation is 3. The molecule has 1 aliphatic rings. The van der Waals surface area contributed by atoms with E-state index in [0.29, 0.717) is 17.9 Å². The number of nitrogens with zero attached hydrogens (tertiary/aromatic N) is 2. The molecule has 0 bridgehead atoms. The smallest absolute Gasteiger partial charge is 0.253 e. The van der Waals surface area contributed by atoms with Crippen LogP contribution in [0.25, 0.3) is 11.0 Å². The number of methoxy groups -OCH3 is 1. The van der Waals surface area contributed by atoms with Crippen molar-refractivity contribution in [1.82, 2.24) is 20.1 Å². The number of H-pyrrole nitrogens is 1. The number of benzene rings is 1. The Morgan fingerprint density at radius 1 is 1.30 bits per heavy atom. The Kier molecular flexibility index (Phi) is 5.37. The number of ether oxygens (including phenoxy) is 1. The van der Waals surface area contributed by atoms with E-state index in [2.05, 4.69) is 15.4 Å². The van der Waals surface area contributed by atoms with E-state index in [9.17, 15) is 9.59 Å². The van der Waals surface area contributed by atoms with Crippen molar-refractivity contribution in [3.63, 3.8) is 0 Å². The van der Waals surface area contributed by atoms with E-state index in [1.54, 1.807) is 11.8 Å². The molecule has 1 fully saturated rings. The molecule has 7 nitrogen and oxygen atoms in total. The zero-order chi connectivity index (χ0) is 21.4. The fourth-order valence-corrected chi connectivity index (χ4v) is 4.25. The van der Waals surface area contributed by atoms with Crippen LogP contribution in [0.5, 0.6) is 5.75 Å². The lowest BCUT2D eigenvalue weighted by atomic mass is 10.00. The van der Waals surface area contributed by atoms with Gasteiger partial charge >= 0.3 is 0 Å². The number of nitrogens with one attached hydrogen (secondary N) is 2. The summed E-state index contributed by atoms with van der Waals surface area (Å²) in [6.07, 6.45) is 2.91. The number of amides is 1. The van der Waals surface area contributed by atoms with Crippen molar-refractivity contribution >= 4 is 16.9 Å². The number of hydrogen-bond donors (Lipinski definition) is 2. The van der Waals surface area contributed by atoms with Gasteiger partial charge < -0.3 is 15.0 Å². The van der Waals surface area contributed by atoms with Gasteiger partial charge in [0.15, 0.2) is 0 Å². The van der Waals surface area contributed by atoms with E-state index in [-0.39, 0.29) is 23.9 Å². The highest BCUT2D eigenvalue weighted by molar-refractivity contribution is 5.83. The minimum atomic E-state index is -0.148. The fraction of sp³-hybridized carbons (Fsp3) is 0.435. The predicted octanol–water partition coefficient (Wildman–Crippen LogP) is 3.09. The molecule has 2 N–H and O–H groups in total. The zero-order valence-electron chi connectivity index (χ0n) is 17.9. The van der Waals surface area contributed by atoms with Crippen LogP contribution in [0.2, 0.25) is 0 Å². The van der Waals surface area contributed by atoms with Crippen molar-refractivity contribution in [1.29, 1.82) is 0 Å². The van der Waals surface area contributed by atoms with Gasteiger partial charge in [-0.1, -0.05) is 12.1 Å². The lowest BCUT2D eigenvalue weighted by Crippen LogP contribution is -2.30. The molecule has 1 aliphatic carbocycles. The van der Waals surface area contributed by atoms with Crippen LogP contribution in [-0.2, 0) is 18.3 Å². The van der Waals surface area contributed by atoms with Gasteiger partial charge in [-0.15, -0.1) is 0 Å². The van der Waals surface area contributed by atoms with Crippen LogP contribution in [-0.4, -0.2) is 27.8 Å². The Bertz CT molecular complexity index is 1140. The molecule has 1 amide bonds. The number of aromatic nitrogens is 3. The van der Waals surface area contributed by atoms with E-state index in [4.69, 9.17) is 4.74 Å². The molecule has 2 heterocycles. The standard InChI is InChI=1S/C23H28N4O3/c1-13-18(23(29)25-22-20(13)14(2)26-27(22)3)11-12-19(28)24-21(15-5-6-15)16-7-9-17(30-4)10-8-16/h7-10,15,21H,5-6,11-12H2,1-4H3,(H,24,28)(H,25,29)/t21-/m0/s1. The summed E-state index contributed by atoms with van der Waals surface area (Å²) in [5, 5.41) is 8.54. The van der Waals surface area contributed by atoms with E-state index in [1.807, 2.05) is 45.2 Å². The van der Waals surface area contributed by atoms with E-state index in [1.165, 1.54) is 0 Å². The molecule has 0 spiro atoms. The molecule has 0 aliphatic heterocycles. The Hall–Kier alpha value is -3.09. The third-order valence-corrected chi connectivity index (χ3v) is 6.04. The van der Waals surface area contributed by atoms with Crippen molar-refractivity contribution in [2.24, 2.45) is 13.0 Å². The molecule has 0 saturated heterocycles. The topological polar surface area (TPSA) is 89.0 Å². The number of aromatic amines is 1. The summed E-state index contributed by atoms with van der Waals surface area (Å²) in [6.45, 7) is 3.86. The quantitative estimate of drug-likeness (QED) is 0.629. The molecule has 30 heavy (non-hydrogen) atoms. The summed E-state index contributed by atoms with van der Waals surface area (Å²) in [5.41, 5.74) is 4.09. The average Bonchev–Trinajstić information content (AvgIpc) is 3.52. The summed E-state index contributed by atoms with van der Waals surface area (Å²) in [7, 11) is 3.46. The molecule has 158 valence electrons. The minimum Gasteiger partial charge on any atom is -0.497 e. The van der Waals surface area contributed by atoms with Crippen LogP contribution < -0.4 is 15.6 Å². The zero-order valence-corrected chi connectivity index (χ0v) is 17.9. The third-order valence-electron chi connectivity index (χ3n) is 6.04. The van der Waals surface area contributed by atoms with Gasteiger partial charge in [0, 0.05) is 24.4 Å². The highest BCUT2D eigenvalue weighted by atomic mass is 16.5. The van der Waals surface area contributed by atoms with E-state index < -0.39 is 0 Å². The molecule has 0 radical (unpaired) electrons. The summed E-state index contributed by atoms with van der Waals surface area (Å²) < 4.78 is 6.92. The predicted molar refractivity (Wildman–Crippen MR) is 116 cm³/mol. The molecule has 1 saturated carbocycles. The highest BCUT2D eigenvalue weighted by Gasteiger charge is 2.33. The largest absolute Gasteiger partial charge is 0.497 e. The number of pyridine rings is 1. The van der Waals surface area contributed by atoms with Gasteiger partial charge in [0.1, 0.15) is 11.4 Å². The lowest BCUT2D eigenvalue weighted by molar-refractivity contribution is -0.122. The third kappa shape index (κ3) is 3.84. The van der Waals surface area contributed by atoms with Crippen LogP contribution in [0.3, 0.4) is 0 Å². The first kappa shape index (κ1) is 20.2. The van der Waals surface area contributed by atoms with Gasteiger partial charge in [-0.25, -0.2) is 0 Å². The van der Waals surface area contributed by atoms with Crippen molar-refractivity contribution in [3.8, 4) is 5.75 Å². The molecule has 1 atom stereocenters. The van der Waals surface area contributed by atoms with Crippen molar-refractivity contribution in [3.05, 3.63) is 57.0 Å². The summed E-state index contributed by atoms with van der Waals surface area (Å²) in [6, 6.07) is 7.87. The van der Waals surface area contributed by atoms with Gasteiger partial charge in [-0.05, 0) is 62.3 Å². The number of hydrogen-bond acceptors (Lipinski definition) is 4. The molecule has 3 aromatic rings. The van der Waals surface area contributed by atoms with E-state index >= 15 is 0 Å². The summed E-state index contributed by atoms with van der Waals surface area (Å²) >= 11 is 0. The van der Waals surface area contributed by atoms with Gasteiger partial charge in [-0.3, -0.25) is 14.3 Å². The molecule has 2 aromatic heterocycles. The monoisotopic (exact) mass is 408 g/mol. The normalized spacial score (nSPS) is 14.7. The average molecular weight is 409 g/mol. The second-order valence-electron chi connectivity index (χ2n) is 8.15. The molecule has 1 aromatic carbocycles. The van der Waals surface area contributed by atoms with Crippen molar-refractivity contribution < 1.29 is 9.53 Å². The van der Waals surface area contributed by atoms with Crippen LogP contribution in [0.15, 0.2) is 29.1 Å². The summed E-state index contributed by atoms with van der Waals surface area (Å²) in [4.78, 5) is 28.3. The Balaban J connectivity index is 1.49. The maximum Gasteiger partial charge on any atom is 0.253 e. The first-order chi connectivity index (χ1) is 14.4. The van der Waals surface area contributed by atoms with Gasteiger partial charge in [0.05, 0.1) is 18.8 Å². The Morgan fingerprint density at radius 2 is 2.00 bits per heavy atom. The van der Waals surface area contributed by atoms with Gasteiger partial charge in [0.2, 0.25) is 5.91 Å². The van der Waals surface area contributed by atoms with Gasteiger partial charge in [-0.2, -0.15) is 5.10 Å². The van der Waals surface area contributed by atoms with Crippen LogP contribution in [0, 0.1) is 19.8 Å². The lowest BCUT2D eigenvalue weighted by Gasteiger charge is -2.19. The number of rotatable bonds is 7. The van der Waals surface area contributed by atoms with Crippen LogP contribution >= 0.6 is 0 Å². The molecule has 4 rings (SSSR count). The second-order valence-corrected chi connectivity index (χ2v) is 8.15. The Labute approximate surface area is 175 Å². The number of carbonyl (C=O) groups is 1. The maximum absolute atomic E-state index is 12.7. The van der Waals surface area contributed by atoms with Crippen LogP contribution in [0.1, 0.15) is 47.7 Å².